The van der Waals surface area contributed by atoms with Gasteiger partial charge in [0.1, 0.15) is 17.3 Å². The molecule has 0 aliphatic heterocycles. The Kier molecular flexibility index (Phi) is 5.91. The van der Waals surface area contributed by atoms with Gasteiger partial charge in [-0.05, 0) is 32.0 Å². The van der Waals surface area contributed by atoms with Gasteiger partial charge in [-0.2, -0.15) is 13.2 Å². The van der Waals surface area contributed by atoms with Crippen LogP contribution < -0.4 is 10.1 Å². The van der Waals surface area contributed by atoms with Gasteiger partial charge in [-0.25, -0.2) is 0 Å². The van der Waals surface area contributed by atoms with E-state index in [0.717, 1.165) is 5.56 Å². The minimum Gasteiger partial charge on any atom is -0.483 e. The Morgan fingerprint density at radius 3 is 2.55 bits per heavy atom. The van der Waals surface area contributed by atoms with E-state index in [4.69, 9.17) is 4.42 Å². The summed E-state index contributed by atoms with van der Waals surface area (Å²) in [6.07, 6.45) is -3.22. The molecule has 1 atom stereocenters. The highest BCUT2D eigenvalue weighted by Crippen LogP contribution is 2.26. The highest BCUT2D eigenvalue weighted by atomic mass is 19.4. The number of furan rings is 1. The first-order valence-electron chi connectivity index (χ1n) is 8.85. The largest absolute Gasteiger partial charge is 0.483 e. The quantitative estimate of drug-likeness (QED) is 0.622. The lowest BCUT2D eigenvalue weighted by Crippen LogP contribution is -2.27. The normalized spacial score (nSPS) is 12.4. The molecule has 0 aliphatic carbocycles. The van der Waals surface area contributed by atoms with E-state index in [9.17, 15) is 18.0 Å². The lowest BCUT2D eigenvalue weighted by Gasteiger charge is -2.14. The second kappa shape index (κ2) is 8.38. The van der Waals surface area contributed by atoms with E-state index in [1.165, 1.54) is 18.3 Å². The van der Waals surface area contributed by atoms with Gasteiger partial charge in [-0.15, -0.1) is 0 Å². The van der Waals surface area contributed by atoms with E-state index in [-0.39, 0.29) is 11.7 Å². The first-order valence-corrected chi connectivity index (χ1v) is 8.85. The highest BCUT2D eigenvalue weighted by Gasteiger charge is 2.28. The van der Waals surface area contributed by atoms with Crippen LogP contribution >= 0.6 is 0 Å². The minimum atomic E-state index is -4.42. The van der Waals surface area contributed by atoms with Crippen LogP contribution in [0.3, 0.4) is 0 Å². The summed E-state index contributed by atoms with van der Waals surface area (Å²) in [5.74, 6) is 0.741. The number of nitrogens with one attached hydrogen (secondary N) is 1. The van der Waals surface area contributed by atoms with Gasteiger partial charge in [-0.1, -0.05) is 30.3 Å². The topological polar surface area (TPSA) is 64.4 Å². The number of carbonyl (C=O) groups is 1. The van der Waals surface area contributed by atoms with E-state index in [2.05, 4.69) is 15.0 Å². The molecule has 0 fully saturated rings. The van der Waals surface area contributed by atoms with Gasteiger partial charge < -0.3 is 14.5 Å². The summed E-state index contributed by atoms with van der Waals surface area (Å²) in [6, 6.07) is 13.5. The molecule has 0 spiro atoms. The molecule has 152 valence electrons. The maximum atomic E-state index is 12.6. The number of benzene rings is 1. The summed E-state index contributed by atoms with van der Waals surface area (Å²) in [5.41, 5.74) is 1.75. The zero-order valence-electron chi connectivity index (χ0n) is 15.8. The van der Waals surface area contributed by atoms with Crippen LogP contribution in [0, 0.1) is 6.92 Å². The molecular weight excluding hydrogens is 385 g/mol. The molecule has 8 heteroatoms. The van der Waals surface area contributed by atoms with Gasteiger partial charge in [-0.3, -0.25) is 9.78 Å². The molecule has 0 saturated heterocycles. The Balaban J connectivity index is 1.65. The smallest absolute Gasteiger partial charge is 0.422 e. The number of ether oxygens (including phenoxy) is 1. The number of nitrogens with zero attached hydrogens (tertiary/aromatic N) is 1. The van der Waals surface area contributed by atoms with Crippen LogP contribution in [0.1, 0.15) is 34.8 Å². The number of rotatable bonds is 6. The predicted molar refractivity (Wildman–Crippen MR) is 101 cm³/mol. The number of alkyl halides is 3. The summed E-state index contributed by atoms with van der Waals surface area (Å²) in [7, 11) is 0. The molecule has 0 saturated carbocycles. The maximum absolute atomic E-state index is 12.6. The van der Waals surface area contributed by atoms with Crippen molar-refractivity contribution in [1.82, 2.24) is 10.3 Å². The fraction of sp³-hybridized carbons (Fsp3) is 0.238. The Morgan fingerprint density at radius 2 is 1.93 bits per heavy atom. The Bertz CT molecular complexity index is 967. The number of aromatic nitrogens is 1. The lowest BCUT2D eigenvalue weighted by molar-refractivity contribution is -0.153. The number of hydrogen-bond acceptors (Lipinski definition) is 4. The molecule has 3 rings (SSSR count). The summed E-state index contributed by atoms with van der Waals surface area (Å²) < 4.78 is 46.9. The second-order valence-electron chi connectivity index (χ2n) is 6.46. The SMILES string of the molecule is Cc1oc(-c2ccccc2)cc1C(=O)NC(C)c1ccc(OCC(F)(F)F)cn1. The molecule has 1 N–H and O–H groups in total. The third-order valence-electron chi connectivity index (χ3n) is 4.17. The molecule has 1 unspecified atom stereocenters. The molecule has 0 radical (unpaired) electrons. The number of amides is 1. The molecule has 29 heavy (non-hydrogen) atoms. The minimum absolute atomic E-state index is 0.00258. The van der Waals surface area contributed by atoms with E-state index < -0.39 is 18.8 Å². The molecule has 1 aromatic carbocycles. The third-order valence-corrected chi connectivity index (χ3v) is 4.17. The number of carbonyl (C=O) groups excluding carboxylic acids is 1. The fourth-order valence-electron chi connectivity index (χ4n) is 2.70. The van der Waals surface area contributed by atoms with Crippen molar-refractivity contribution in [3.63, 3.8) is 0 Å². The number of aryl methyl sites for hydroxylation is 1. The maximum Gasteiger partial charge on any atom is 0.422 e. The van der Waals surface area contributed by atoms with Crippen LogP contribution in [0.25, 0.3) is 11.3 Å². The van der Waals surface area contributed by atoms with Crippen molar-refractivity contribution < 1.29 is 27.1 Å². The molecule has 0 bridgehead atoms. The van der Waals surface area contributed by atoms with Gasteiger partial charge in [0.2, 0.25) is 0 Å². The number of pyridine rings is 1. The van der Waals surface area contributed by atoms with Crippen LogP contribution in [0.4, 0.5) is 13.2 Å². The lowest BCUT2D eigenvalue weighted by atomic mass is 10.1. The zero-order valence-corrected chi connectivity index (χ0v) is 15.8. The summed E-state index contributed by atoms with van der Waals surface area (Å²) >= 11 is 0. The van der Waals surface area contributed by atoms with Crippen molar-refractivity contribution in [2.24, 2.45) is 0 Å². The zero-order chi connectivity index (χ0) is 21.0. The van der Waals surface area contributed by atoms with E-state index in [1.807, 2.05) is 30.3 Å². The average Bonchev–Trinajstić information content (AvgIpc) is 3.09. The molecule has 2 heterocycles. The predicted octanol–water partition coefficient (Wildman–Crippen LogP) is 5.08. The van der Waals surface area contributed by atoms with Crippen LogP contribution in [0.15, 0.2) is 59.1 Å². The molecule has 0 aliphatic rings. The summed E-state index contributed by atoms with van der Waals surface area (Å²) in [5, 5.41) is 2.81. The van der Waals surface area contributed by atoms with Crippen molar-refractivity contribution in [2.75, 3.05) is 6.61 Å². The van der Waals surface area contributed by atoms with Crippen molar-refractivity contribution in [1.29, 1.82) is 0 Å². The van der Waals surface area contributed by atoms with Crippen LogP contribution in [0.2, 0.25) is 0 Å². The van der Waals surface area contributed by atoms with Crippen molar-refractivity contribution in [3.8, 4) is 17.1 Å². The third kappa shape index (κ3) is 5.37. The van der Waals surface area contributed by atoms with Crippen LogP contribution in [-0.4, -0.2) is 23.7 Å². The summed E-state index contributed by atoms with van der Waals surface area (Å²) in [6.45, 7) is 2.05. The summed E-state index contributed by atoms with van der Waals surface area (Å²) in [4.78, 5) is 16.7. The molecule has 3 aromatic rings. The molecule has 5 nitrogen and oxygen atoms in total. The van der Waals surface area contributed by atoms with Crippen molar-refractivity contribution in [2.45, 2.75) is 26.1 Å². The Labute approximate surface area is 165 Å². The Morgan fingerprint density at radius 1 is 1.21 bits per heavy atom. The number of hydrogen-bond donors (Lipinski definition) is 1. The van der Waals surface area contributed by atoms with E-state index in [0.29, 0.717) is 22.8 Å². The van der Waals surface area contributed by atoms with Crippen LogP contribution in [0.5, 0.6) is 5.75 Å². The van der Waals surface area contributed by atoms with Crippen molar-refractivity contribution >= 4 is 5.91 Å². The monoisotopic (exact) mass is 404 g/mol. The van der Waals surface area contributed by atoms with Crippen LogP contribution in [-0.2, 0) is 0 Å². The Hall–Kier alpha value is -3.29. The molecule has 1 amide bonds. The van der Waals surface area contributed by atoms with Crippen molar-refractivity contribution in [3.05, 3.63) is 71.7 Å². The highest BCUT2D eigenvalue weighted by molar-refractivity contribution is 5.96. The number of halogens is 3. The second-order valence-corrected chi connectivity index (χ2v) is 6.46. The van der Waals surface area contributed by atoms with Gasteiger partial charge in [0.05, 0.1) is 23.5 Å². The van der Waals surface area contributed by atoms with E-state index in [1.54, 1.807) is 19.9 Å². The van der Waals surface area contributed by atoms with Gasteiger partial charge in [0.15, 0.2) is 6.61 Å². The molecular formula is C21H19F3N2O3. The first-order chi connectivity index (χ1) is 13.7. The molecule has 2 aromatic heterocycles. The fourth-order valence-corrected chi connectivity index (χ4v) is 2.70. The standard InChI is InChI=1S/C21H19F3N2O3/c1-13(18-9-8-16(11-25-18)28-12-21(22,23)24)26-20(27)17-10-19(29-14(17)2)15-6-4-3-5-7-15/h3-11,13H,12H2,1-2H3,(H,26,27). The van der Waals surface area contributed by atoms with Gasteiger partial charge in [0.25, 0.3) is 5.91 Å². The van der Waals surface area contributed by atoms with Gasteiger partial charge in [0, 0.05) is 5.56 Å². The first kappa shape index (κ1) is 20.4. The average molecular weight is 404 g/mol. The van der Waals surface area contributed by atoms with Gasteiger partial charge >= 0.3 is 6.18 Å². The van der Waals surface area contributed by atoms with E-state index >= 15 is 0 Å².